The van der Waals surface area contributed by atoms with Crippen LogP contribution in [0, 0.1) is 11.3 Å². The van der Waals surface area contributed by atoms with Crippen molar-refractivity contribution in [2.24, 2.45) is 7.05 Å². The quantitative estimate of drug-likeness (QED) is 0.873. The molecule has 0 unspecified atom stereocenters. The summed E-state index contributed by atoms with van der Waals surface area (Å²) in [7, 11) is 1.88. The molecule has 0 spiro atoms. The van der Waals surface area contributed by atoms with E-state index in [0.29, 0.717) is 12.0 Å². The summed E-state index contributed by atoms with van der Waals surface area (Å²) in [6.45, 7) is 0.765. The summed E-state index contributed by atoms with van der Waals surface area (Å²) in [6, 6.07) is 9.58. The maximum Gasteiger partial charge on any atom is 0.254 e. The second-order valence-electron chi connectivity index (χ2n) is 5.64. The van der Waals surface area contributed by atoms with E-state index in [4.69, 9.17) is 5.26 Å². The molecule has 0 bridgehead atoms. The first-order chi connectivity index (χ1) is 10.7. The van der Waals surface area contributed by atoms with Crippen molar-refractivity contribution in [1.29, 1.82) is 5.26 Å². The van der Waals surface area contributed by atoms with Crippen molar-refractivity contribution < 1.29 is 4.79 Å². The van der Waals surface area contributed by atoms with Crippen LogP contribution in [0.2, 0.25) is 0 Å². The zero-order valence-corrected chi connectivity index (χ0v) is 12.6. The first-order valence-corrected chi connectivity index (χ1v) is 7.44. The summed E-state index contributed by atoms with van der Waals surface area (Å²) in [4.78, 5) is 14.7. The molecule has 0 saturated carbocycles. The van der Waals surface area contributed by atoms with E-state index in [1.807, 2.05) is 48.6 Å². The van der Waals surface area contributed by atoms with Gasteiger partial charge in [-0.3, -0.25) is 9.48 Å². The SMILES string of the molecule is Cn1cc([C@H]2CCCN2C(=O)c2cccc(CC#N)c2)cn1. The van der Waals surface area contributed by atoms with E-state index in [-0.39, 0.29) is 11.9 Å². The van der Waals surface area contributed by atoms with Crippen molar-refractivity contribution in [2.45, 2.75) is 25.3 Å². The molecule has 1 saturated heterocycles. The van der Waals surface area contributed by atoms with Crippen LogP contribution in [-0.2, 0) is 13.5 Å². The number of carbonyl (C=O) groups is 1. The molecule has 1 aliphatic rings. The van der Waals surface area contributed by atoms with Gasteiger partial charge in [-0.2, -0.15) is 10.4 Å². The number of aryl methyl sites for hydroxylation is 1. The van der Waals surface area contributed by atoms with Gasteiger partial charge in [0.1, 0.15) is 0 Å². The normalized spacial score (nSPS) is 17.5. The Morgan fingerprint density at radius 3 is 3.09 bits per heavy atom. The lowest BCUT2D eigenvalue weighted by Crippen LogP contribution is -2.30. The predicted molar refractivity (Wildman–Crippen MR) is 82.0 cm³/mol. The van der Waals surface area contributed by atoms with Gasteiger partial charge in [-0.15, -0.1) is 0 Å². The topological polar surface area (TPSA) is 61.9 Å². The van der Waals surface area contributed by atoms with Crippen molar-refractivity contribution >= 4 is 5.91 Å². The van der Waals surface area contributed by atoms with Crippen LogP contribution < -0.4 is 0 Å². The zero-order valence-electron chi connectivity index (χ0n) is 12.6. The summed E-state index contributed by atoms with van der Waals surface area (Å²) in [5, 5.41) is 13.0. The number of rotatable bonds is 3. The fraction of sp³-hybridized carbons (Fsp3) is 0.353. The van der Waals surface area contributed by atoms with E-state index in [9.17, 15) is 4.79 Å². The van der Waals surface area contributed by atoms with E-state index >= 15 is 0 Å². The number of benzene rings is 1. The second kappa shape index (κ2) is 6.02. The molecule has 2 heterocycles. The first-order valence-electron chi connectivity index (χ1n) is 7.44. The highest BCUT2D eigenvalue weighted by Gasteiger charge is 2.31. The van der Waals surface area contributed by atoms with Crippen molar-refractivity contribution in [3.8, 4) is 6.07 Å². The van der Waals surface area contributed by atoms with Crippen molar-refractivity contribution in [3.63, 3.8) is 0 Å². The minimum Gasteiger partial charge on any atom is -0.331 e. The van der Waals surface area contributed by atoms with E-state index in [1.54, 1.807) is 4.68 Å². The molecule has 1 fully saturated rings. The third-order valence-electron chi connectivity index (χ3n) is 4.08. The van der Waals surface area contributed by atoms with Gasteiger partial charge in [0.2, 0.25) is 0 Å². The van der Waals surface area contributed by atoms with Gasteiger partial charge in [-0.1, -0.05) is 12.1 Å². The van der Waals surface area contributed by atoms with Crippen LogP contribution in [0.25, 0.3) is 0 Å². The Morgan fingerprint density at radius 2 is 2.36 bits per heavy atom. The fourth-order valence-electron chi connectivity index (χ4n) is 3.04. The lowest BCUT2D eigenvalue weighted by Gasteiger charge is -2.24. The minimum atomic E-state index is 0.0335. The maximum atomic E-state index is 12.8. The number of nitriles is 1. The molecular formula is C17H18N4O. The van der Waals surface area contributed by atoms with E-state index in [0.717, 1.165) is 30.5 Å². The van der Waals surface area contributed by atoms with E-state index in [2.05, 4.69) is 11.2 Å². The van der Waals surface area contributed by atoms with Gasteiger partial charge in [0.05, 0.1) is 24.7 Å². The average molecular weight is 294 g/mol. The number of hydrogen-bond donors (Lipinski definition) is 0. The Balaban J connectivity index is 1.84. The molecule has 1 aliphatic heterocycles. The van der Waals surface area contributed by atoms with Gasteiger partial charge >= 0.3 is 0 Å². The van der Waals surface area contributed by atoms with Gasteiger partial charge in [0, 0.05) is 30.9 Å². The molecular weight excluding hydrogens is 276 g/mol. The summed E-state index contributed by atoms with van der Waals surface area (Å²) in [6.07, 6.45) is 6.11. The molecule has 2 aromatic rings. The highest BCUT2D eigenvalue weighted by molar-refractivity contribution is 5.94. The highest BCUT2D eigenvalue weighted by atomic mass is 16.2. The van der Waals surface area contributed by atoms with Crippen LogP contribution in [0.5, 0.6) is 0 Å². The van der Waals surface area contributed by atoms with Gasteiger partial charge in [0.15, 0.2) is 0 Å². The Bertz CT molecular complexity index is 728. The molecule has 1 aromatic heterocycles. The Kier molecular flexibility index (Phi) is 3.92. The molecule has 22 heavy (non-hydrogen) atoms. The summed E-state index contributed by atoms with van der Waals surface area (Å²) in [5.41, 5.74) is 2.62. The van der Waals surface area contributed by atoms with Crippen LogP contribution in [0.1, 0.15) is 40.4 Å². The van der Waals surface area contributed by atoms with Crippen molar-refractivity contribution in [1.82, 2.24) is 14.7 Å². The number of carbonyl (C=O) groups excluding carboxylic acids is 1. The van der Waals surface area contributed by atoms with Crippen molar-refractivity contribution in [3.05, 3.63) is 53.3 Å². The monoisotopic (exact) mass is 294 g/mol. The lowest BCUT2D eigenvalue weighted by atomic mass is 10.1. The highest BCUT2D eigenvalue weighted by Crippen LogP contribution is 2.32. The predicted octanol–water partition coefficient (Wildman–Crippen LogP) is 2.46. The van der Waals surface area contributed by atoms with E-state index < -0.39 is 0 Å². The maximum absolute atomic E-state index is 12.8. The molecule has 5 nitrogen and oxygen atoms in total. The minimum absolute atomic E-state index is 0.0335. The largest absolute Gasteiger partial charge is 0.331 e. The Morgan fingerprint density at radius 1 is 1.50 bits per heavy atom. The summed E-state index contributed by atoms with van der Waals surface area (Å²) >= 11 is 0. The molecule has 112 valence electrons. The number of likely N-dealkylation sites (tertiary alicyclic amines) is 1. The molecule has 3 rings (SSSR count). The fourth-order valence-corrected chi connectivity index (χ4v) is 3.04. The molecule has 1 aromatic carbocycles. The van der Waals surface area contributed by atoms with Crippen LogP contribution in [0.3, 0.4) is 0 Å². The molecule has 1 atom stereocenters. The van der Waals surface area contributed by atoms with Crippen LogP contribution in [-0.4, -0.2) is 27.1 Å². The third-order valence-corrected chi connectivity index (χ3v) is 4.08. The standard InChI is InChI=1S/C17H18N4O/c1-20-12-15(11-19-20)16-6-3-9-21(16)17(22)14-5-2-4-13(10-14)7-8-18/h2,4-5,10-12,16H,3,6-7,9H2,1H3/t16-/m1/s1. The molecule has 0 aliphatic carbocycles. The summed E-state index contributed by atoms with van der Waals surface area (Å²) < 4.78 is 1.77. The number of hydrogen-bond acceptors (Lipinski definition) is 3. The zero-order chi connectivity index (χ0) is 15.5. The lowest BCUT2D eigenvalue weighted by molar-refractivity contribution is 0.0735. The smallest absolute Gasteiger partial charge is 0.254 e. The second-order valence-corrected chi connectivity index (χ2v) is 5.64. The molecule has 0 radical (unpaired) electrons. The number of nitrogens with zero attached hydrogens (tertiary/aromatic N) is 4. The average Bonchev–Trinajstić information content (AvgIpc) is 3.15. The van der Waals surface area contributed by atoms with E-state index in [1.165, 1.54) is 0 Å². The van der Waals surface area contributed by atoms with Crippen molar-refractivity contribution in [2.75, 3.05) is 6.54 Å². The molecule has 0 N–H and O–H groups in total. The van der Waals surface area contributed by atoms with Gasteiger partial charge in [-0.05, 0) is 30.5 Å². The third kappa shape index (κ3) is 2.73. The Labute approximate surface area is 129 Å². The summed E-state index contributed by atoms with van der Waals surface area (Å²) in [5.74, 6) is 0.0335. The molecule has 5 heteroatoms. The van der Waals surface area contributed by atoms with Crippen LogP contribution in [0.4, 0.5) is 0 Å². The van der Waals surface area contributed by atoms with Gasteiger partial charge in [-0.25, -0.2) is 0 Å². The van der Waals surface area contributed by atoms with Gasteiger partial charge < -0.3 is 4.90 Å². The van der Waals surface area contributed by atoms with Crippen LogP contribution in [0.15, 0.2) is 36.7 Å². The Hall–Kier alpha value is -2.61. The molecule has 1 amide bonds. The number of aromatic nitrogens is 2. The van der Waals surface area contributed by atoms with Gasteiger partial charge in [0.25, 0.3) is 5.91 Å². The first kappa shape index (κ1) is 14.3. The number of amides is 1. The van der Waals surface area contributed by atoms with Crippen LogP contribution >= 0.6 is 0 Å².